The molecular weight excluding hydrogens is 212 g/mol. The molecule has 1 rings (SSSR count). The Labute approximate surface area is 93.3 Å². The van der Waals surface area contributed by atoms with Crippen molar-refractivity contribution in [3.05, 3.63) is 18.0 Å². The van der Waals surface area contributed by atoms with Crippen LogP contribution < -0.4 is 15.2 Å². The number of nitrogens with zero attached hydrogens (tertiary/aromatic N) is 1. The average molecular weight is 226 g/mol. The first kappa shape index (κ1) is 12.3. The molecule has 16 heavy (non-hydrogen) atoms. The van der Waals surface area contributed by atoms with Crippen molar-refractivity contribution in [1.82, 2.24) is 4.98 Å². The largest absolute Gasteiger partial charge is 0.493 e. The lowest BCUT2D eigenvalue weighted by atomic mass is 10.3. The second-order valence-electron chi connectivity index (χ2n) is 2.81. The molecule has 0 bridgehead atoms. The fraction of sp³-hybridized carbons (Fsp3) is 0.400. The minimum atomic E-state index is -0.676. The number of hydrogen-bond acceptors (Lipinski definition) is 5. The molecule has 0 fully saturated rings. The summed E-state index contributed by atoms with van der Waals surface area (Å²) < 4.78 is 15.3. The summed E-state index contributed by atoms with van der Waals surface area (Å²) in [5, 5.41) is 0. The number of rotatable bonds is 6. The topological polar surface area (TPSA) is 83.7 Å². The first-order valence-corrected chi connectivity index (χ1v) is 4.74. The Morgan fingerprint density at radius 1 is 1.56 bits per heavy atom. The van der Waals surface area contributed by atoms with Crippen LogP contribution in [0.2, 0.25) is 0 Å². The first-order valence-electron chi connectivity index (χ1n) is 4.74. The number of ether oxygens (including phenoxy) is 3. The Balaban J connectivity index is 2.95. The summed E-state index contributed by atoms with van der Waals surface area (Å²) >= 11 is 0. The zero-order chi connectivity index (χ0) is 12.0. The number of nitrogens with two attached hydrogens (primary N) is 1. The summed E-state index contributed by atoms with van der Waals surface area (Å²) in [6, 6.07) is 1.58. The molecule has 0 saturated heterocycles. The van der Waals surface area contributed by atoms with Crippen LogP contribution in [0.4, 0.5) is 0 Å². The van der Waals surface area contributed by atoms with Crippen LogP contribution in [0.15, 0.2) is 12.3 Å². The molecule has 0 saturated carbocycles. The van der Waals surface area contributed by atoms with E-state index in [1.54, 1.807) is 6.07 Å². The predicted octanol–water partition coefficient (Wildman–Crippen LogP) is 0.562. The number of amides is 1. The predicted molar refractivity (Wildman–Crippen MR) is 56.4 cm³/mol. The van der Waals surface area contributed by atoms with E-state index in [4.69, 9.17) is 19.9 Å². The molecule has 0 aliphatic carbocycles. The van der Waals surface area contributed by atoms with Crippen LogP contribution in [0.3, 0.4) is 0 Å². The van der Waals surface area contributed by atoms with Gasteiger partial charge in [-0.05, 0) is 6.92 Å². The summed E-state index contributed by atoms with van der Waals surface area (Å²) in [7, 11) is 1.47. The van der Waals surface area contributed by atoms with Gasteiger partial charge >= 0.3 is 0 Å². The molecule has 0 aliphatic rings. The maximum absolute atomic E-state index is 11.1. The standard InChI is InChI=1S/C10H14N2O4/c1-3-15-6-16-9-7(14-2)4-5-12-8(9)10(11)13/h4-5H,3,6H2,1-2H3,(H2,11,13). The third-order valence-corrected chi connectivity index (χ3v) is 1.81. The van der Waals surface area contributed by atoms with E-state index >= 15 is 0 Å². The number of hydrogen-bond donors (Lipinski definition) is 1. The second-order valence-corrected chi connectivity index (χ2v) is 2.81. The average Bonchev–Trinajstić information content (AvgIpc) is 2.29. The monoisotopic (exact) mass is 226 g/mol. The lowest BCUT2D eigenvalue weighted by Gasteiger charge is -2.12. The maximum atomic E-state index is 11.1. The molecular formula is C10H14N2O4. The van der Waals surface area contributed by atoms with Crippen molar-refractivity contribution in [2.75, 3.05) is 20.5 Å². The molecule has 6 nitrogen and oxygen atoms in total. The molecule has 6 heteroatoms. The molecule has 0 spiro atoms. The fourth-order valence-electron chi connectivity index (χ4n) is 1.09. The van der Waals surface area contributed by atoms with Gasteiger partial charge in [0, 0.05) is 18.9 Å². The number of carbonyl (C=O) groups excluding carboxylic acids is 1. The third kappa shape index (κ3) is 2.83. The highest BCUT2D eigenvalue weighted by atomic mass is 16.7. The van der Waals surface area contributed by atoms with Crippen molar-refractivity contribution in [3.8, 4) is 11.5 Å². The molecule has 1 heterocycles. The zero-order valence-corrected chi connectivity index (χ0v) is 9.23. The van der Waals surface area contributed by atoms with Crippen LogP contribution in [-0.4, -0.2) is 31.4 Å². The van der Waals surface area contributed by atoms with Crippen LogP contribution in [0.25, 0.3) is 0 Å². The molecule has 0 atom stereocenters. The van der Waals surface area contributed by atoms with Crippen molar-refractivity contribution in [2.24, 2.45) is 5.73 Å². The van der Waals surface area contributed by atoms with Crippen LogP contribution in [0, 0.1) is 0 Å². The van der Waals surface area contributed by atoms with Gasteiger partial charge in [-0.25, -0.2) is 4.98 Å². The molecule has 88 valence electrons. The van der Waals surface area contributed by atoms with Crippen molar-refractivity contribution in [1.29, 1.82) is 0 Å². The molecule has 1 amide bonds. The second kappa shape index (κ2) is 5.92. The van der Waals surface area contributed by atoms with E-state index in [9.17, 15) is 4.79 Å². The van der Waals surface area contributed by atoms with Gasteiger partial charge in [-0.1, -0.05) is 0 Å². The van der Waals surface area contributed by atoms with Crippen molar-refractivity contribution in [2.45, 2.75) is 6.92 Å². The van der Waals surface area contributed by atoms with Gasteiger partial charge in [-0.3, -0.25) is 4.79 Å². The van der Waals surface area contributed by atoms with E-state index in [0.717, 1.165) is 0 Å². The SMILES string of the molecule is CCOCOc1c(OC)ccnc1C(N)=O. The van der Waals surface area contributed by atoms with E-state index < -0.39 is 5.91 Å². The van der Waals surface area contributed by atoms with Gasteiger partial charge in [-0.15, -0.1) is 0 Å². The maximum Gasteiger partial charge on any atom is 0.271 e. The minimum Gasteiger partial charge on any atom is -0.493 e. The van der Waals surface area contributed by atoms with Crippen molar-refractivity contribution >= 4 is 5.91 Å². The Kier molecular flexibility index (Phi) is 4.53. The summed E-state index contributed by atoms with van der Waals surface area (Å²) in [4.78, 5) is 14.9. The van der Waals surface area contributed by atoms with E-state index in [1.807, 2.05) is 6.92 Å². The van der Waals surface area contributed by atoms with E-state index in [-0.39, 0.29) is 18.2 Å². The van der Waals surface area contributed by atoms with Gasteiger partial charge in [0.25, 0.3) is 5.91 Å². The number of aromatic nitrogens is 1. The molecule has 1 aromatic heterocycles. The lowest BCUT2D eigenvalue weighted by molar-refractivity contribution is 0.0201. The highest BCUT2D eigenvalue weighted by Crippen LogP contribution is 2.28. The molecule has 0 radical (unpaired) electrons. The van der Waals surface area contributed by atoms with Crippen molar-refractivity contribution in [3.63, 3.8) is 0 Å². The highest BCUT2D eigenvalue weighted by Gasteiger charge is 2.16. The summed E-state index contributed by atoms with van der Waals surface area (Å²) in [5.41, 5.74) is 5.19. The van der Waals surface area contributed by atoms with Crippen LogP contribution in [0.1, 0.15) is 17.4 Å². The number of methoxy groups -OCH3 is 1. The summed E-state index contributed by atoms with van der Waals surface area (Å²) in [6.07, 6.45) is 1.42. The number of primary amides is 1. The van der Waals surface area contributed by atoms with Gasteiger partial charge in [0.15, 0.2) is 24.0 Å². The van der Waals surface area contributed by atoms with E-state index in [2.05, 4.69) is 4.98 Å². The Morgan fingerprint density at radius 3 is 2.88 bits per heavy atom. The third-order valence-electron chi connectivity index (χ3n) is 1.81. The minimum absolute atomic E-state index is 0.0127. The Bertz CT molecular complexity index is 368. The van der Waals surface area contributed by atoms with Crippen LogP contribution >= 0.6 is 0 Å². The molecule has 0 aliphatic heterocycles. The van der Waals surface area contributed by atoms with Crippen LogP contribution in [-0.2, 0) is 4.74 Å². The number of pyridine rings is 1. The van der Waals surface area contributed by atoms with Crippen molar-refractivity contribution < 1.29 is 19.0 Å². The number of carbonyl (C=O) groups is 1. The highest BCUT2D eigenvalue weighted by molar-refractivity contribution is 5.94. The zero-order valence-electron chi connectivity index (χ0n) is 9.23. The molecule has 2 N–H and O–H groups in total. The van der Waals surface area contributed by atoms with Gasteiger partial charge in [0.2, 0.25) is 0 Å². The Morgan fingerprint density at radius 2 is 2.31 bits per heavy atom. The van der Waals surface area contributed by atoms with E-state index in [1.165, 1.54) is 13.3 Å². The van der Waals surface area contributed by atoms with Gasteiger partial charge in [0.05, 0.1) is 7.11 Å². The molecule has 0 aromatic carbocycles. The van der Waals surface area contributed by atoms with E-state index in [0.29, 0.717) is 12.4 Å². The quantitative estimate of drug-likeness (QED) is 0.566. The summed E-state index contributed by atoms with van der Waals surface area (Å²) in [5.74, 6) is -0.0835. The first-order chi connectivity index (χ1) is 7.70. The Hall–Kier alpha value is -1.82. The normalized spacial score (nSPS) is 9.88. The van der Waals surface area contributed by atoms with Gasteiger partial charge in [-0.2, -0.15) is 0 Å². The van der Waals surface area contributed by atoms with Crippen LogP contribution in [0.5, 0.6) is 11.5 Å². The summed E-state index contributed by atoms with van der Waals surface area (Å²) in [6.45, 7) is 2.35. The molecule has 1 aromatic rings. The molecule has 0 unspecified atom stereocenters. The van der Waals surface area contributed by atoms with Gasteiger partial charge < -0.3 is 19.9 Å². The lowest BCUT2D eigenvalue weighted by Crippen LogP contribution is -2.16. The smallest absolute Gasteiger partial charge is 0.271 e. The fourth-order valence-corrected chi connectivity index (χ4v) is 1.09. The van der Waals surface area contributed by atoms with Gasteiger partial charge in [0.1, 0.15) is 0 Å².